The van der Waals surface area contributed by atoms with Crippen LogP contribution in [0.3, 0.4) is 0 Å². The Morgan fingerprint density at radius 1 is 1.17 bits per heavy atom. The van der Waals surface area contributed by atoms with Gasteiger partial charge in [-0.05, 0) is 58.5 Å². The molecule has 0 unspecified atom stereocenters. The van der Waals surface area contributed by atoms with E-state index in [1.54, 1.807) is 43.7 Å². The largest absolute Gasteiger partial charge is 0.493 e. The van der Waals surface area contributed by atoms with Crippen molar-refractivity contribution < 1.29 is 23.4 Å². The van der Waals surface area contributed by atoms with Crippen LogP contribution in [0.2, 0.25) is 0 Å². The number of allylic oxidation sites excluding steroid dienone is 1. The fraction of sp³-hybridized carbons (Fsp3) is 0.433. The van der Waals surface area contributed by atoms with E-state index in [4.69, 9.17) is 18.6 Å². The van der Waals surface area contributed by atoms with Crippen LogP contribution in [0.4, 0.5) is 5.88 Å². The number of rotatable bonds is 8. The molecule has 1 saturated heterocycles. The number of hydrogen-bond acceptors (Lipinski definition) is 10. The van der Waals surface area contributed by atoms with Crippen molar-refractivity contribution in [1.82, 2.24) is 9.47 Å². The van der Waals surface area contributed by atoms with Crippen molar-refractivity contribution in [3.63, 3.8) is 0 Å². The fourth-order valence-electron chi connectivity index (χ4n) is 5.06. The number of thiazole rings is 1. The molecular formula is C30H36N4O6S. The van der Waals surface area contributed by atoms with Crippen molar-refractivity contribution >= 4 is 29.3 Å². The number of esters is 1. The second-order valence-corrected chi connectivity index (χ2v) is 11.4. The predicted octanol–water partition coefficient (Wildman–Crippen LogP) is 2.94. The van der Waals surface area contributed by atoms with Crippen molar-refractivity contribution in [3.05, 3.63) is 72.6 Å². The Hall–Kier alpha value is -3.83. The summed E-state index contributed by atoms with van der Waals surface area (Å²) >= 11 is 1.26. The molecule has 2 aliphatic rings. The van der Waals surface area contributed by atoms with Crippen LogP contribution in [0.1, 0.15) is 45.1 Å². The summed E-state index contributed by atoms with van der Waals surface area (Å²) in [5.41, 5.74) is 1.21. The van der Waals surface area contributed by atoms with Crippen LogP contribution in [0.15, 0.2) is 55.8 Å². The molecule has 11 heteroatoms. The zero-order valence-corrected chi connectivity index (χ0v) is 25.1. The normalized spacial score (nSPS) is 18.0. The maximum absolute atomic E-state index is 13.9. The van der Waals surface area contributed by atoms with Crippen molar-refractivity contribution in [3.8, 4) is 11.5 Å². The molecule has 0 N–H and O–H groups in total. The van der Waals surface area contributed by atoms with E-state index < -0.39 is 12.0 Å². The predicted molar refractivity (Wildman–Crippen MR) is 158 cm³/mol. The minimum Gasteiger partial charge on any atom is -0.493 e. The molecule has 3 aromatic rings. The zero-order valence-electron chi connectivity index (χ0n) is 24.3. The van der Waals surface area contributed by atoms with Gasteiger partial charge in [0.25, 0.3) is 5.56 Å². The average molecular weight is 581 g/mol. The maximum Gasteiger partial charge on any atom is 0.338 e. The van der Waals surface area contributed by atoms with Gasteiger partial charge >= 0.3 is 5.97 Å². The quantitative estimate of drug-likeness (QED) is 0.375. The third-order valence-corrected chi connectivity index (χ3v) is 8.07. The van der Waals surface area contributed by atoms with Crippen LogP contribution in [0.5, 0.6) is 11.5 Å². The van der Waals surface area contributed by atoms with Gasteiger partial charge in [0.05, 0.1) is 41.7 Å². The van der Waals surface area contributed by atoms with E-state index >= 15 is 0 Å². The van der Waals surface area contributed by atoms with Gasteiger partial charge in [-0.1, -0.05) is 17.4 Å². The van der Waals surface area contributed by atoms with E-state index in [1.807, 2.05) is 32.0 Å². The number of aromatic nitrogens is 1. The second kappa shape index (κ2) is 12.0. The van der Waals surface area contributed by atoms with Crippen LogP contribution in [0, 0.1) is 0 Å². The molecule has 2 aromatic heterocycles. The summed E-state index contributed by atoms with van der Waals surface area (Å²) < 4.78 is 25.0. The van der Waals surface area contributed by atoms with E-state index in [-0.39, 0.29) is 18.3 Å². The molecule has 0 saturated carbocycles. The first-order chi connectivity index (χ1) is 19.7. The average Bonchev–Trinajstić information content (AvgIpc) is 3.52. The zero-order chi connectivity index (χ0) is 29.3. The van der Waals surface area contributed by atoms with Gasteiger partial charge in [-0.2, -0.15) is 0 Å². The highest BCUT2D eigenvalue weighted by Gasteiger charge is 2.34. The van der Waals surface area contributed by atoms with Crippen LogP contribution in [0.25, 0.3) is 6.08 Å². The van der Waals surface area contributed by atoms with E-state index in [2.05, 4.69) is 21.8 Å². The number of anilines is 1. The number of hydrogen-bond donors (Lipinski definition) is 0. The van der Waals surface area contributed by atoms with Crippen LogP contribution in [-0.2, 0) is 9.53 Å². The van der Waals surface area contributed by atoms with Gasteiger partial charge in [-0.3, -0.25) is 9.36 Å². The number of likely N-dealkylation sites (N-methyl/N-ethyl adjacent to an activating group) is 1. The van der Waals surface area contributed by atoms with Gasteiger partial charge in [-0.15, -0.1) is 0 Å². The molecule has 4 heterocycles. The Morgan fingerprint density at radius 2 is 1.93 bits per heavy atom. The minimum absolute atomic E-state index is 0.0528. The molecule has 0 radical (unpaired) electrons. The van der Waals surface area contributed by atoms with Crippen molar-refractivity contribution in [1.29, 1.82) is 0 Å². The molecule has 0 amide bonds. The third kappa shape index (κ3) is 5.82. The van der Waals surface area contributed by atoms with Gasteiger partial charge in [-0.25, -0.2) is 9.79 Å². The molecule has 10 nitrogen and oxygen atoms in total. The fourth-order valence-corrected chi connectivity index (χ4v) is 6.08. The molecule has 5 rings (SSSR count). The highest BCUT2D eigenvalue weighted by Crippen LogP contribution is 2.36. The van der Waals surface area contributed by atoms with E-state index in [1.165, 1.54) is 11.3 Å². The molecule has 0 bridgehead atoms. The molecule has 0 spiro atoms. The van der Waals surface area contributed by atoms with Gasteiger partial charge in [0.2, 0.25) is 0 Å². The summed E-state index contributed by atoms with van der Waals surface area (Å²) in [6, 6.07) is 8.49. The van der Waals surface area contributed by atoms with Gasteiger partial charge in [0.15, 0.2) is 22.2 Å². The van der Waals surface area contributed by atoms with E-state index in [0.29, 0.717) is 43.4 Å². The first kappa shape index (κ1) is 28.7. The Morgan fingerprint density at radius 3 is 2.61 bits per heavy atom. The molecule has 1 aromatic carbocycles. The molecule has 41 heavy (non-hydrogen) atoms. The third-order valence-electron chi connectivity index (χ3n) is 7.08. The lowest BCUT2D eigenvalue weighted by Gasteiger charge is -2.32. The van der Waals surface area contributed by atoms with Crippen molar-refractivity contribution in [2.24, 2.45) is 4.99 Å². The van der Waals surface area contributed by atoms with Crippen LogP contribution < -0.4 is 29.3 Å². The Labute approximate surface area is 242 Å². The van der Waals surface area contributed by atoms with E-state index in [0.717, 1.165) is 32.1 Å². The second-order valence-electron chi connectivity index (χ2n) is 10.3. The Balaban J connectivity index is 1.60. The Bertz CT molecular complexity index is 1640. The number of fused-ring (bicyclic) bond motifs is 1. The van der Waals surface area contributed by atoms with Gasteiger partial charge in [0, 0.05) is 38.3 Å². The number of piperazine rings is 1. The van der Waals surface area contributed by atoms with Gasteiger partial charge in [0.1, 0.15) is 5.76 Å². The SMILES string of the molecule is CCOC(=O)C1=C(C)N=c2s/c(=C\c3ccc(N4CCN(C)CC4)o3)c(=O)n2[C@@H]1c1ccc(OC(C)C)c(OC)c1. The molecule has 1 fully saturated rings. The molecule has 2 aliphatic heterocycles. The summed E-state index contributed by atoms with van der Waals surface area (Å²) in [5.74, 6) is 1.93. The topological polar surface area (TPSA) is 98.7 Å². The number of carbonyl (C=O) groups excluding carboxylic acids is 1. The Kier molecular flexibility index (Phi) is 8.37. The number of benzene rings is 1. The minimum atomic E-state index is -0.757. The van der Waals surface area contributed by atoms with Gasteiger partial charge < -0.3 is 28.4 Å². The molecule has 218 valence electrons. The van der Waals surface area contributed by atoms with Crippen LogP contribution >= 0.6 is 11.3 Å². The van der Waals surface area contributed by atoms with E-state index in [9.17, 15) is 9.59 Å². The number of methoxy groups -OCH3 is 1. The van der Waals surface area contributed by atoms with Crippen molar-refractivity contribution in [2.75, 3.05) is 51.8 Å². The number of nitrogens with zero attached hydrogens (tertiary/aromatic N) is 4. The monoisotopic (exact) mass is 580 g/mol. The summed E-state index contributed by atoms with van der Waals surface area (Å²) in [6.07, 6.45) is 1.69. The first-order valence-corrected chi connectivity index (χ1v) is 14.6. The molecular weight excluding hydrogens is 544 g/mol. The molecule has 1 atom stereocenters. The summed E-state index contributed by atoms with van der Waals surface area (Å²) in [4.78, 5) is 36.8. The first-order valence-electron chi connectivity index (χ1n) is 13.8. The summed E-state index contributed by atoms with van der Waals surface area (Å²) in [7, 11) is 3.67. The number of ether oxygens (including phenoxy) is 3. The highest BCUT2D eigenvalue weighted by atomic mass is 32.1. The highest BCUT2D eigenvalue weighted by molar-refractivity contribution is 7.07. The lowest BCUT2D eigenvalue weighted by Crippen LogP contribution is -2.44. The van der Waals surface area contributed by atoms with Crippen LogP contribution in [-0.4, -0.2) is 68.5 Å². The van der Waals surface area contributed by atoms with Crippen molar-refractivity contribution in [2.45, 2.75) is 39.8 Å². The maximum atomic E-state index is 13.9. The standard InChI is InChI=1S/C30H36N4O6S/c1-7-38-29(36)26-19(4)31-30-34(27(26)20-8-10-22(39-18(2)3)23(16-20)37-6)28(35)24(41-30)17-21-9-11-25(40-21)33-14-12-32(5)13-15-33/h8-11,16-18,27H,7,12-15H2,1-6H3/b24-17-/t27-/m1/s1. The smallest absolute Gasteiger partial charge is 0.338 e. The summed E-state index contributed by atoms with van der Waals surface area (Å²) in [5, 5.41) is 0. The number of furan rings is 1. The lowest BCUT2D eigenvalue weighted by molar-refractivity contribution is -0.139. The number of carbonyl (C=O) groups is 1. The summed E-state index contributed by atoms with van der Waals surface area (Å²) in [6.45, 7) is 11.3. The molecule has 0 aliphatic carbocycles. The lowest BCUT2D eigenvalue weighted by atomic mass is 9.95.